The molecule has 16 heavy (non-hydrogen) atoms. The third-order valence-corrected chi connectivity index (χ3v) is 4.23. The van der Waals surface area contributed by atoms with Crippen LogP contribution in [0.3, 0.4) is 0 Å². The second kappa shape index (κ2) is 5.22. The summed E-state index contributed by atoms with van der Waals surface area (Å²) in [6.45, 7) is 12.3. The standard InChI is InChI=1S/C11H20O2SSi2/c1-15(2,3)10-7-8-14(12,13)9-11-16(4,5)6/h8H2,1-6H3. The highest BCUT2D eigenvalue weighted by Crippen LogP contribution is 1.99. The first-order valence-electron chi connectivity index (χ1n) is 5.18. The van der Waals surface area contributed by atoms with Gasteiger partial charge in [-0.3, -0.25) is 0 Å². The topological polar surface area (TPSA) is 34.1 Å². The maximum absolute atomic E-state index is 11.5. The molecule has 2 nitrogen and oxygen atoms in total. The molecule has 0 atom stereocenters. The number of hydrogen-bond acceptors (Lipinski definition) is 2. The Labute approximate surface area is 102 Å². The fraction of sp³-hybridized carbons (Fsp3) is 0.636. The Morgan fingerprint density at radius 2 is 1.31 bits per heavy atom. The summed E-state index contributed by atoms with van der Waals surface area (Å²) in [7, 11) is -6.42. The molecule has 5 heteroatoms. The van der Waals surface area contributed by atoms with Gasteiger partial charge in [-0.1, -0.05) is 45.2 Å². The molecule has 0 aliphatic heterocycles. The molecule has 0 aliphatic rings. The summed E-state index contributed by atoms with van der Waals surface area (Å²) in [6.07, 6.45) is 0. The van der Waals surface area contributed by atoms with E-state index in [1.807, 2.05) is 19.6 Å². The molecule has 0 saturated heterocycles. The third kappa shape index (κ3) is 10.0. The van der Waals surface area contributed by atoms with Crippen molar-refractivity contribution in [1.29, 1.82) is 0 Å². The van der Waals surface area contributed by atoms with Crippen LogP contribution in [-0.2, 0) is 9.84 Å². The van der Waals surface area contributed by atoms with Crippen LogP contribution in [0.2, 0.25) is 39.3 Å². The van der Waals surface area contributed by atoms with E-state index in [1.165, 1.54) is 0 Å². The third-order valence-electron chi connectivity index (χ3n) is 1.31. The van der Waals surface area contributed by atoms with Crippen molar-refractivity contribution in [3.05, 3.63) is 0 Å². The summed E-state index contributed by atoms with van der Waals surface area (Å²) in [5.74, 6) is 2.61. The summed E-state index contributed by atoms with van der Waals surface area (Å²) in [4.78, 5) is 0. The van der Waals surface area contributed by atoms with Crippen LogP contribution in [0.1, 0.15) is 0 Å². The van der Waals surface area contributed by atoms with Crippen LogP contribution in [0, 0.1) is 22.3 Å². The van der Waals surface area contributed by atoms with Crippen molar-refractivity contribution in [2.24, 2.45) is 0 Å². The minimum absolute atomic E-state index is 0.130. The minimum atomic E-state index is -3.31. The van der Waals surface area contributed by atoms with Gasteiger partial charge < -0.3 is 0 Å². The Morgan fingerprint density at radius 3 is 1.69 bits per heavy atom. The molecule has 0 amide bonds. The molecule has 0 aromatic carbocycles. The number of sulfone groups is 1. The maximum Gasteiger partial charge on any atom is 0.227 e. The smallest absolute Gasteiger partial charge is 0.214 e. The highest BCUT2D eigenvalue weighted by atomic mass is 32.2. The predicted octanol–water partition coefficient (Wildman–Crippen LogP) is 2.12. The fourth-order valence-electron chi connectivity index (χ4n) is 0.663. The van der Waals surface area contributed by atoms with Crippen molar-refractivity contribution >= 4 is 26.0 Å². The van der Waals surface area contributed by atoms with Crippen molar-refractivity contribution in [3.8, 4) is 22.3 Å². The largest absolute Gasteiger partial charge is 0.227 e. The van der Waals surface area contributed by atoms with Gasteiger partial charge in [0, 0.05) is 5.25 Å². The van der Waals surface area contributed by atoms with Crippen molar-refractivity contribution in [3.63, 3.8) is 0 Å². The second-order valence-electron chi connectivity index (χ2n) is 5.79. The molecule has 0 rings (SSSR count). The van der Waals surface area contributed by atoms with Crippen molar-refractivity contribution in [2.75, 3.05) is 5.75 Å². The number of hydrogen-bond donors (Lipinski definition) is 0. The quantitative estimate of drug-likeness (QED) is 0.541. The molecule has 0 aliphatic carbocycles. The lowest BCUT2D eigenvalue weighted by Crippen LogP contribution is -2.18. The van der Waals surface area contributed by atoms with E-state index in [-0.39, 0.29) is 5.75 Å². The zero-order valence-corrected chi connectivity index (χ0v) is 13.7. The van der Waals surface area contributed by atoms with Gasteiger partial charge in [0.1, 0.15) is 21.9 Å². The van der Waals surface area contributed by atoms with Gasteiger partial charge in [0.2, 0.25) is 9.84 Å². The predicted molar refractivity (Wildman–Crippen MR) is 76.0 cm³/mol. The lowest BCUT2D eigenvalue weighted by atomic mass is 10.8. The van der Waals surface area contributed by atoms with Crippen LogP contribution in [0.15, 0.2) is 0 Å². The Balaban J connectivity index is 4.72. The van der Waals surface area contributed by atoms with E-state index in [9.17, 15) is 8.42 Å². The zero-order chi connectivity index (χ0) is 13.0. The highest BCUT2D eigenvalue weighted by Gasteiger charge is 2.11. The van der Waals surface area contributed by atoms with E-state index in [4.69, 9.17) is 0 Å². The fourth-order valence-corrected chi connectivity index (χ4v) is 3.59. The Hall–Kier alpha value is -0.496. The summed E-state index contributed by atoms with van der Waals surface area (Å²) >= 11 is 0. The first kappa shape index (κ1) is 15.5. The van der Waals surface area contributed by atoms with E-state index >= 15 is 0 Å². The Morgan fingerprint density at radius 1 is 0.875 bits per heavy atom. The molecule has 0 fully saturated rings. The average Bonchev–Trinajstić information content (AvgIpc) is 1.97. The Bertz CT molecular complexity index is 457. The summed E-state index contributed by atoms with van der Waals surface area (Å²) in [6, 6.07) is 0. The number of rotatable bonds is 1. The van der Waals surface area contributed by atoms with Gasteiger partial charge in [-0.25, -0.2) is 8.42 Å². The molecule has 0 aromatic rings. The van der Waals surface area contributed by atoms with Crippen LogP contribution < -0.4 is 0 Å². The first-order valence-corrected chi connectivity index (χ1v) is 13.8. The van der Waals surface area contributed by atoms with Gasteiger partial charge in [0.15, 0.2) is 0 Å². The van der Waals surface area contributed by atoms with Gasteiger partial charge >= 0.3 is 0 Å². The monoisotopic (exact) mass is 272 g/mol. The van der Waals surface area contributed by atoms with E-state index in [0.29, 0.717) is 0 Å². The van der Waals surface area contributed by atoms with Gasteiger partial charge in [-0.15, -0.1) is 11.1 Å². The molecule has 0 aromatic heterocycles. The summed E-state index contributed by atoms with van der Waals surface area (Å²) in [5.41, 5.74) is 5.88. The van der Waals surface area contributed by atoms with Crippen molar-refractivity contribution in [1.82, 2.24) is 0 Å². The molecule has 0 bridgehead atoms. The first-order chi connectivity index (χ1) is 6.91. The molecular formula is C11H20O2SSi2. The van der Waals surface area contributed by atoms with E-state index in [0.717, 1.165) is 0 Å². The van der Waals surface area contributed by atoms with Crippen LogP contribution in [0.25, 0.3) is 0 Å². The van der Waals surface area contributed by atoms with E-state index < -0.39 is 26.0 Å². The van der Waals surface area contributed by atoms with Crippen molar-refractivity contribution in [2.45, 2.75) is 39.3 Å². The average molecular weight is 273 g/mol. The van der Waals surface area contributed by atoms with Crippen LogP contribution in [0.4, 0.5) is 0 Å². The van der Waals surface area contributed by atoms with E-state index in [1.54, 1.807) is 0 Å². The molecule has 0 heterocycles. The van der Waals surface area contributed by atoms with Crippen LogP contribution >= 0.6 is 0 Å². The molecule has 0 radical (unpaired) electrons. The van der Waals surface area contributed by atoms with Crippen LogP contribution in [-0.4, -0.2) is 30.3 Å². The molecule has 0 unspecified atom stereocenters. The van der Waals surface area contributed by atoms with Crippen molar-refractivity contribution < 1.29 is 8.42 Å². The molecule has 90 valence electrons. The normalized spacial score (nSPS) is 12.1. The molecule has 0 spiro atoms. The van der Waals surface area contributed by atoms with Gasteiger partial charge in [0.25, 0.3) is 0 Å². The Kier molecular flexibility index (Phi) is 5.06. The van der Waals surface area contributed by atoms with Gasteiger partial charge in [-0.2, -0.15) is 0 Å². The zero-order valence-electron chi connectivity index (χ0n) is 10.9. The highest BCUT2D eigenvalue weighted by molar-refractivity contribution is 7.96. The second-order valence-corrected chi connectivity index (χ2v) is 17.0. The van der Waals surface area contributed by atoms with Gasteiger partial charge in [-0.05, 0) is 0 Å². The minimum Gasteiger partial charge on any atom is -0.214 e. The van der Waals surface area contributed by atoms with Crippen LogP contribution in [0.5, 0.6) is 0 Å². The van der Waals surface area contributed by atoms with Gasteiger partial charge in [0.05, 0.1) is 0 Å². The SMILES string of the molecule is C[Si](C)(C)C#CCS(=O)(=O)C#C[Si](C)(C)C. The maximum atomic E-state index is 11.5. The molecule has 0 N–H and O–H groups in total. The summed E-state index contributed by atoms with van der Waals surface area (Å²) < 4.78 is 23.0. The molecule has 0 saturated carbocycles. The van der Waals surface area contributed by atoms with E-state index in [2.05, 4.69) is 41.9 Å². The molecular weight excluding hydrogens is 252 g/mol. The lowest BCUT2D eigenvalue weighted by molar-refractivity contribution is 0.609. The summed E-state index contributed by atoms with van der Waals surface area (Å²) in [5, 5.41) is 2.38. The lowest BCUT2D eigenvalue weighted by Gasteiger charge is -2.03.